The second-order valence-corrected chi connectivity index (χ2v) is 9.23. The number of carbonyl (C=O) groups is 6. The van der Waals surface area contributed by atoms with Gasteiger partial charge in [0.05, 0.1) is 50.9 Å². The summed E-state index contributed by atoms with van der Waals surface area (Å²) < 4.78 is 35.6. The lowest BCUT2D eigenvalue weighted by molar-refractivity contribution is -0.141. The number of anilines is 2. The Bertz CT molecular complexity index is 1400. The van der Waals surface area contributed by atoms with Crippen molar-refractivity contribution in [1.82, 2.24) is 0 Å². The maximum absolute atomic E-state index is 12.3. The molecule has 0 aliphatic carbocycles. The van der Waals surface area contributed by atoms with Crippen molar-refractivity contribution in [1.29, 1.82) is 0 Å². The normalized spacial score (nSPS) is 11.6. The molecule has 44 heavy (non-hydrogen) atoms. The van der Waals surface area contributed by atoms with Gasteiger partial charge in [-0.15, -0.1) is 0 Å². The number of esters is 6. The number of aryl methyl sites for hydroxylation is 1. The van der Waals surface area contributed by atoms with Gasteiger partial charge in [-0.05, 0) is 36.8 Å². The van der Waals surface area contributed by atoms with Crippen molar-refractivity contribution in [3.8, 4) is 11.5 Å². The maximum Gasteiger partial charge on any atom is 0.347 e. The van der Waals surface area contributed by atoms with E-state index in [1.54, 1.807) is 18.2 Å². The Labute approximate surface area is 252 Å². The number of carbonyl (C=O) groups excluding carboxylic acids is 6. The minimum atomic E-state index is -0.896. The van der Waals surface area contributed by atoms with Crippen molar-refractivity contribution in [2.45, 2.75) is 6.92 Å². The van der Waals surface area contributed by atoms with Gasteiger partial charge in [0.2, 0.25) is 0 Å². The number of nitrogens with zero attached hydrogens (tertiary/aromatic N) is 2. The highest BCUT2D eigenvalue weighted by Crippen LogP contribution is 2.36. The minimum Gasteiger partial charge on any atom is -0.488 e. The van der Waals surface area contributed by atoms with Crippen LogP contribution in [0, 0.1) is 6.92 Å². The monoisotopic (exact) mass is 616 g/mol. The average molecular weight is 617 g/mol. The molecule has 15 nitrogen and oxygen atoms in total. The van der Waals surface area contributed by atoms with E-state index >= 15 is 0 Å². The molecule has 1 aliphatic rings. The Kier molecular flexibility index (Phi) is 11.5. The first-order chi connectivity index (χ1) is 21.0. The summed E-state index contributed by atoms with van der Waals surface area (Å²) in [4.78, 5) is 75.6. The number of methoxy groups -OCH3 is 4. The highest BCUT2D eigenvalue weighted by atomic mass is 16.6. The van der Waals surface area contributed by atoms with Crippen LogP contribution in [0.3, 0.4) is 0 Å². The Hall–Kier alpha value is -5.34. The Morgan fingerprint density at radius 2 is 1.02 bits per heavy atom. The third-order valence-electron chi connectivity index (χ3n) is 6.31. The van der Waals surface area contributed by atoms with Crippen molar-refractivity contribution in [2.75, 3.05) is 77.6 Å². The second kappa shape index (κ2) is 15.2. The van der Waals surface area contributed by atoms with E-state index in [1.165, 1.54) is 50.4 Å². The van der Waals surface area contributed by atoms with Gasteiger partial charge in [-0.2, -0.15) is 0 Å². The molecular formula is C29H32N2O13. The molecular weight excluding hydrogens is 584 g/mol. The van der Waals surface area contributed by atoms with Gasteiger partial charge >= 0.3 is 35.8 Å². The average Bonchev–Trinajstić information content (AvgIpc) is 3.29. The molecule has 0 aromatic heterocycles. The number of fused-ring (bicyclic) bond motifs is 1. The number of hydrogen-bond donors (Lipinski definition) is 0. The van der Waals surface area contributed by atoms with Crippen LogP contribution in [0.1, 0.15) is 26.3 Å². The molecule has 2 aromatic rings. The fourth-order valence-corrected chi connectivity index (χ4v) is 4.10. The maximum atomic E-state index is 12.3. The van der Waals surface area contributed by atoms with Crippen molar-refractivity contribution < 1.29 is 61.9 Å². The van der Waals surface area contributed by atoms with Crippen LogP contribution < -0.4 is 19.3 Å². The zero-order valence-electron chi connectivity index (χ0n) is 24.8. The van der Waals surface area contributed by atoms with Gasteiger partial charge in [0, 0.05) is 0 Å². The molecule has 0 atom stereocenters. The first-order valence-corrected chi connectivity index (χ1v) is 13.1. The third kappa shape index (κ3) is 8.36. The molecule has 0 unspecified atom stereocenters. The van der Waals surface area contributed by atoms with Gasteiger partial charge < -0.3 is 43.0 Å². The van der Waals surface area contributed by atoms with Crippen molar-refractivity contribution in [3.63, 3.8) is 0 Å². The highest BCUT2D eigenvalue weighted by molar-refractivity contribution is 6.15. The van der Waals surface area contributed by atoms with Crippen molar-refractivity contribution in [2.24, 2.45) is 0 Å². The van der Waals surface area contributed by atoms with Crippen LogP contribution in [-0.2, 0) is 42.9 Å². The predicted octanol–water partition coefficient (Wildman–Crippen LogP) is 1.07. The predicted molar refractivity (Wildman–Crippen MR) is 151 cm³/mol. The van der Waals surface area contributed by atoms with Crippen molar-refractivity contribution in [3.05, 3.63) is 47.0 Å². The number of rotatable bonds is 15. The zero-order valence-corrected chi connectivity index (χ0v) is 24.8. The fraction of sp³-hybridized carbons (Fsp3) is 0.379. The molecule has 0 amide bonds. The van der Waals surface area contributed by atoms with Gasteiger partial charge in [0.1, 0.15) is 50.9 Å². The van der Waals surface area contributed by atoms with Crippen LogP contribution in [0.2, 0.25) is 0 Å². The summed E-state index contributed by atoms with van der Waals surface area (Å²) in [6, 6.07) is 7.70. The topological polar surface area (TPSA) is 174 Å². The Morgan fingerprint density at radius 3 is 1.48 bits per heavy atom. The standard InChI is InChI=1S/C29H32N2O13/c1-17-6-7-20(30(13-24(32)38-2)14-25(33)39-3)22(10-17)42-8-9-43-23-12-19-18(28(36)44-29(19)37)11-21(23)31(15-26(34)40-4)16-27(35)41-5/h6-7,10-12H,8-9,13-16H2,1-5H3. The van der Waals surface area contributed by atoms with E-state index in [4.69, 9.17) is 33.2 Å². The van der Waals surface area contributed by atoms with Crippen LogP contribution in [0.4, 0.5) is 11.4 Å². The van der Waals surface area contributed by atoms with E-state index in [9.17, 15) is 28.8 Å². The molecule has 3 rings (SSSR count). The summed E-state index contributed by atoms with van der Waals surface area (Å²) >= 11 is 0. The molecule has 236 valence electrons. The fourth-order valence-electron chi connectivity index (χ4n) is 4.10. The second-order valence-electron chi connectivity index (χ2n) is 9.23. The van der Waals surface area contributed by atoms with Crippen LogP contribution in [0.15, 0.2) is 30.3 Å². The molecule has 15 heteroatoms. The Morgan fingerprint density at radius 1 is 0.614 bits per heavy atom. The van der Waals surface area contributed by atoms with Gasteiger partial charge in [-0.25, -0.2) is 9.59 Å². The van der Waals surface area contributed by atoms with Crippen LogP contribution in [0.5, 0.6) is 11.5 Å². The van der Waals surface area contributed by atoms with Gasteiger partial charge in [0.15, 0.2) is 0 Å². The number of benzene rings is 2. The molecule has 1 aliphatic heterocycles. The smallest absolute Gasteiger partial charge is 0.347 e. The summed E-state index contributed by atoms with van der Waals surface area (Å²) in [5.41, 5.74) is 1.21. The van der Waals surface area contributed by atoms with Crippen molar-refractivity contribution >= 4 is 47.2 Å². The summed E-state index contributed by atoms with van der Waals surface area (Å²) in [6.07, 6.45) is 0. The molecule has 0 saturated carbocycles. The van der Waals surface area contributed by atoms with Gasteiger partial charge in [0.25, 0.3) is 0 Å². The van der Waals surface area contributed by atoms with Gasteiger partial charge in [-0.1, -0.05) is 6.07 Å². The van der Waals surface area contributed by atoms with E-state index in [2.05, 4.69) is 0 Å². The molecule has 2 aromatic carbocycles. The molecule has 0 saturated heterocycles. The first-order valence-electron chi connectivity index (χ1n) is 13.1. The van der Waals surface area contributed by atoms with E-state index in [1.807, 2.05) is 6.92 Å². The van der Waals surface area contributed by atoms with E-state index in [0.29, 0.717) is 11.4 Å². The minimum absolute atomic E-state index is 0.0364. The molecule has 0 spiro atoms. The number of hydrogen-bond acceptors (Lipinski definition) is 15. The lowest BCUT2D eigenvalue weighted by Crippen LogP contribution is -2.36. The molecule has 0 radical (unpaired) electrons. The molecule has 0 fully saturated rings. The van der Waals surface area contributed by atoms with E-state index in [0.717, 1.165) is 5.56 Å². The first kappa shape index (κ1) is 33.2. The quantitative estimate of drug-likeness (QED) is 0.120. The highest BCUT2D eigenvalue weighted by Gasteiger charge is 2.33. The lowest BCUT2D eigenvalue weighted by atomic mass is 10.1. The Balaban J connectivity index is 1.88. The van der Waals surface area contributed by atoms with Crippen LogP contribution in [-0.4, -0.2) is 104 Å². The summed E-state index contributed by atoms with van der Waals surface area (Å²) in [5.74, 6) is -3.99. The summed E-state index contributed by atoms with van der Waals surface area (Å²) in [5, 5.41) is 0. The SMILES string of the molecule is COC(=O)CN(CC(=O)OC)c1ccc(C)cc1OCCOc1cc2c(cc1N(CC(=O)OC)CC(=O)OC)C(=O)OC2=O. The summed E-state index contributed by atoms with van der Waals surface area (Å²) in [7, 11) is 4.79. The van der Waals surface area contributed by atoms with Gasteiger partial charge in [-0.3, -0.25) is 19.2 Å². The van der Waals surface area contributed by atoms with Crippen LogP contribution in [0.25, 0.3) is 0 Å². The van der Waals surface area contributed by atoms with E-state index in [-0.39, 0.29) is 48.9 Å². The third-order valence-corrected chi connectivity index (χ3v) is 6.31. The summed E-state index contributed by atoms with van der Waals surface area (Å²) in [6.45, 7) is 0.282. The van der Waals surface area contributed by atoms with Crippen LogP contribution >= 0.6 is 0 Å². The lowest BCUT2D eigenvalue weighted by Gasteiger charge is -2.26. The van der Waals surface area contributed by atoms with E-state index < -0.39 is 48.9 Å². The number of cyclic esters (lactones) is 2. The molecule has 0 N–H and O–H groups in total. The zero-order chi connectivity index (χ0) is 32.4. The number of ether oxygens (including phenoxy) is 7. The largest absolute Gasteiger partial charge is 0.488 e. The molecule has 0 bridgehead atoms. The molecule has 1 heterocycles.